The maximum atomic E-state index is 12.6. The van der Waals surface area contributed by atoms with Crippen molar-refractivity contribution in [2.24, 2.45) is 9.98 Å². The number of allylic oxidation sites excluding steroid dienone is 4. The van der Waals surface area contributed by atoms with Gasteiger partial charge in [0, 0.05) is 70.8 Å². The number of benzene rings is 4. The number of hydrogen-bond donors (Lipinski definition) is 2. The molecule has 4 aromatic rings. The molecular weight excluding hydrogens is 962 g/mol. The molecule has 14 nitrogen and oxygen atoms in total. The number of ether oxygens (including phenoxy) is 4. The molecule has 63 heavy (non-hydrogen) atoms. The molecule has 0 radical (unpaired) electrons. The van der Waals surface area contributed by atoms with Crippen LogP contribution in [0.4, 0.5) is 11.4 Å². The summed E-state index contributed by atoms with van der Waals surface area (Å²) in [5, 5.41) is 1.52. The van der Waals surface area contributed by atoms with E-state index in [1.165, 1.54) is 97.4 Å². The molecule has 0 amide bonds. The van der Waals surface area contributed by atoms with Gasteiger partial charge in [-0.2, -0.15) is 0 Å². The van der Waals surface area contributed by atoms with Crippen molar-refractivity contribution < 1.29 is 45.4 Å². The predicted octanol–water partition coefficient (Wildman–Crippen LogP) is 10.5. The van der Waals surface area contributed by atoms with Gasteiger partial charge in [0.15, 0.2) is 0 Å². The Balaban J connectivity index is 0.000000365. The fraction of sp³-hybridized carbons (Fsp3) is 0.143. The molecule has 0 fully saturated rings. The van der Waals surface area contributed by atoms with Crippen molar-refractivity contribution in [3.05, 3.63) is 153 Å². The van der Waals surface area contributed by atoms with Crippen LogP contribution in [0.5, 0.6) is 11.5 Å². The Hall–Kier alpha value is -5.33. The Kier molecular flexibility index (Phi) is 22.5. The quantitative estimate of drug-likeness (QED) is 0.0270. The molecule has 0 aliphatic heterocycles. The van der Waals surface area contributed by atoms with Crippen molar-refractivity contribution in [2.75, 3.05) is 37.8 Å². The van der Waals surface area contributed by atoms with Crippen molar-refractivity contribution in [3.8, 4) is 11.5 Å². The first-order valence-corrected chi connectivity index (χ1v) is 23.1. The summed E-state index contributed by atoms with van der Waals surface area (Å²) in [4.78, 5) is 31.9. The van der Waals surface area contributed by atoms with Gasteiger partial charge >= 0.3 is 11.9 Å². The Morgan fingerprint density at radius 3 is 1.51 bits per heavy atom. The molecule has 0 saturated heterocycles. The van der Waals surface area contributed by atoms with E-state index >= 15 is 0 Å². The van der Waals surface area contributed by atoms with Crippen LogP contribution in [0.15, 0.2) is 152 Å². The lowest BCUT2D eigenvalue weighted by molar-refractivity contribution is 0.0513. The number of aliphatic imine (C=N–C) groups is 2. The van der Waals surface area contributed by atoms with Crippen LogP contribution in [0.3, 0.4) is 0 Å². The van der Waals surface area contributed by atoms with Gasteiger partial charge in [0.2, 0.25) is 0 Å². The Morgan fingerprint density at radius 2 is 1.10 bits per heavy atom. The molecule has 0 spiro atoms. The van der Waals surface area contributed by atoms with Gasteiger partial charge in [0.25, 0.3) is 19.1 Å². The van der Waals surface area contributed by atoms with Crippen LogP contribution in [0.1, 0.15) is 34.6 Å². The van der Waals surface area contributed by atoms with Crippen molar-refractivity contribution in [3.63, 3.8) is 0 Å². The van der Waals surface area contributed by atoms with Crippen LogP contribution in [-0.2, 0) is 28.5 Å². The highest BCUT2D eigenvalue weighted by Crippen LogP contribution is 2.28. The van der Waals surface area contributed by atoms with Crippen molar-refractivity contribution in [1.82, 2.24) is 0 Å². The first-order chi connectivity index (χ1) is 29.6. The maximum Gasteiger partial charge on any atom is 0.342 e. The van der Waals surface area contributed by atoms with Gasteiger partial charge in [-0.1, -0.05) is 59.6 Å². The molecule has 4 rings (SSSR count). The number of nitrogens with one attached hydrogen (secondary N) is 1. The summed E-state index contributed by atoms with van der Waals surface area (Å²) in [6, 6.07) is 20.2. The van der Waals surface area contributed by atoms with Gasteiger partial charge in [0.05, 0.1) is 33.1 Å². The fourth-order valence-corrected chi connectivity index (χ4v) is 6.96. The predicted molar refractivity (Wildman–Crippen MR) is 252 cm³/mol. The minimum atomic E-state index is -3.90. The molecule has 0 unspecified atom stereocenters. The molecule has 0 bridgehead atoms. The van der Waals surface area contributed by atoms with Crippen molar-refractivity contribution in [2.45, 2.75) is 23.6 Å². The summed E-state index contributed by atoms with van der Waals surface area (Å²) in [6.45, 7) is 11.2. The van der Waals surface area contributed by atoms with Gasteiger partial charge < -0.3 is 24.7 Å². The lowest BCUT2D eigenvalue weighted by Crippen LogP contribution is -2.14. The second kappa shape index (κ2) is 26.3. The van der Waals surface area contributed by atoms with Gasteiger partial charge in [-0.3, -0.25) is 14.7 Å². The van der Waals surface area contributed by atoms with E-state index in [4.69, 9.17) is 81.8 Å². The highest BCUT2D eigenvalue weighted by Gasteiger charge is 2.20. The number of anilines is 2. The number of carbonyl (C=O) groups is 2. The summed E-state index contributed by atoms with van der Waals surface area (Å²) in [6.07, 6.45) is 5.75. The number of hydrogen-bond acceptors (Lipinski definition) is 13. The first kappa shape index (κ1) is 53.8. The van der Waals surface area contributed by atoms with Crippen LogP contribution >= 0.6 is 57.1 Å². The molecule has 4 aromatic carbocycles. The number of nitrogens with two attached hydrogens (primary N) is 1. The van der Waals surface area contributed by atoms with E-state index in [1.807, 2.05) is 0 Å². The molecule has 0 heterocycles. The van der Waals surface area contributed by atoms with Crippen molar-refractivity contribution in [1.29, 1.82) is 0 Å². The number of sulfonamides is 1. The van der Waals surface area contributed by atoms with E-state index < -0.39 is 31.0 Å². The second-order valence-corrected chi connectivity index (χ2v) is 17.8. The molecule has 0 atom stereocenters. The standard InChI is InChI=1S/C21H20Cl2N2O5S.C15H17ClN2O3.C6H4Cl2O2S/c1-4-29-21(26)19-12-17(25-31(27,28)18-8-5-15(22)6-9-18)7-10-20(19)30-14(2)11-16(23)13-24-3;1-4-20-15(19)13-8-12(17)5-6-14(13)21-10(2)7-11(16)9-18-3;7-5-1-3-6(4-2-5)11(8,9)10/h5-13,25H,2,4H2,1,3H3;5-9H,2,4,17H2,1,3H3;1-4H/b16-11+,24-13?;11-7+,18-9?;. The third kappa shape index (κ3) is 19.3. The average molecular weight is 1000 g/mol. The van der Waals surface area contributed by atoms with E-state index in [1.54, 1.807) is 40.1 Å². The van der Waals surface area contributed by atoms with E-state index in [-0.39, 0.29) is 62.1 Å². The largest absolute Gasteiger partial charge is 0.462 e. The molecular formula is C42H41Cl5N4O10S2. The number of nitrogen functional groups attached to an aromatic ring is 1. The Morgan fingerprint density at radius 1 is 0.683 bits per heavy atom. The zero-order chi connectivity index (χ0) is 47.3. The lowest BCUT2D eigenvalue weighted by Gasteiger charge is -2.14. The zero-order valence-electron chi connectivity index (χ0n) is 34.0. The van der Waals surface area contributed by atoms with Crippen LogP contribution in [-0.4, -0.2) is 68.5 Å². The molecule has 0 saturated carbocycles. The number of esters is 2. The van der Waals surface area contributed by atoms with Crippen LogP contribution in [0.25, 0.3) is 0 Å². The van der Waals surface area contributed by atoms with Gasteiger partial charge in [0.1, 0.15) is 34.1 Å². The van der Waals surface area contributed by atoms with Crippen LogP contribution in [0.2, 0.25) is 10.0 Å². The summed E-state index contributed by atoms with van der Waals surface area (Å²) in [7, 11) is 0.684. The molecule has 0 aromatic heterocycles. The van der Waals surface area contributed by atoms with Gasteiger partial charge in [-0.15, -0.1) is 0 Å². The highest BCUT2D eigenvalue weighted by atomic mass is 35.7. The summed E-state index contributed by atoms with van der Waals surface area (Å²) in [5.41, 5.74) is 6.49. The normalized spacial score (nSPS) is 11.7. The monoisotopic (exact) mass is 1000 g/mol. The van der Waals surface area contributed by atoms with Crippen LogP contribution in [0, 0.1) is 0 Å². The SMILES string of the molecule is C=C(/C=C(/Cl)C=NC)Oc1ccc(N)cc1C(=O)OCC.C=C(/C=C(/Cl)C=NC)Oc1ccc(NS(=O)(=O)c2ccc(Cl)cc2)cc1C(=O)OCC.O=S(=O)(Cl)c1ccc(Cl)cc1. The number of carbonyl (C=O) groups excluding carboxylic acids is 2. The van der Waals surface area contributed by atoms with E-state index in [9.17, 15) is 26.4 Å². The maximum absolute atomic E-state index is 12.6. The summed E-state index contributed by atoms with van der Waals surface area (Å²) in [5.74, 6) is -0.394. The molecule has 336 valence electrons. The number of nitrogens with zero attached hydrogens (tertiary/aromatic N) is 2. The minimum absolute atomic E-state index is 0.00740. The summed E-state index contributed by atoms with van der Waals surface area (Å²) >= 11 is 23.2. The molecule has 21 heteroatoms. The third-order valence-electron chi connectivity index (χ3n) is 7.03. The van der Waals surface area contributed by atoms with E-state index in [2.05, 4.69) is 27.9 Å². The molecule has 3 N–H and O–H groups in total. The highest BCUT2D eigenvalue weighted by molar-refractivity contribution is 8.13. The molecule has 0 aliphatic rings. The fourth-order valence-electron chi connectivity index (χ4n) is 4.45. The average Bonchev–Trinajstić information content (AvgIpc) is 3.19. The molecule has 0 aliphatic carbocycles. The van der Waals surface area contributed by atoms with Gasteiger partial charge in [-0.25, -0.2) is 26.4 Å². The minimum Gasteiger partial charge on any atom is -0.462 e. The number of rotatable bonds is 16. The Bertz CT molecular complexity index is 2600. The van der Waals surface area contributed by atoms with Crippen LogP contribution < -0.4 is 19.9 Å². The smallest absolute Gasteiger partial charge is 0.342 e. The topological polar surface area (TPSA) is 202 Å². The van der Waals surface area contributed by atoms with Crippen molar-refractivity contribution >= 4 is 112 Å². The Labute approximate surface area is 390 Å². The van der Waals surface area contributed by atoms with E-state index in [0.29, 0.717) is 26.5 Å². The van der Waals surface area contributed by atoms with E-state index in [0.717, 1.165) is 0 Å². The summed E-state index contributed by atoms with van der Waals surface area (Å²) < 4.78 is 70.1. The second-order valence-electron chi connectivity index (χ2n) is 11.8. The lowest BCUT2D eigenvalue weighted by atomic mass is 10.2. The zero-order valence-corrected chi connectivity index (χ0v) is 39.4. The van der Waals surface area contributed by atoms with Gasteiger partial charge in [-0.05, 0) is 98.8 Å². The number of halogens is 5. The third-order valence-corrected chi connectivity index (χ3v) is 10.7. The first-order valence-electron chi connectivity index (χ1n) is 17.8.